The maximum atomic E-state index is 12.4. The van der Waals surface area contributed by atoms with Crippen LogP contribution in [0.15, 0.2) is 97.6 Å². The van der Waals surface area contributed by atoms with Gasteiger partial charge in [0, 0.05) is 11.1 Å². The van der Waals surface area contributed by atoms with Crippen LogP contribution in [0.4, 0.5) is 11.6 Å². The molecule has 0 radical (unpaired) electrons. The second-order valence-electron chi connectivity index (χ2n) is 20.7. The third kappa shape index (κ3) is 11.9. The molecule has 0 bridgehead atoms. The lowest BCUT2D eigenvalue weighted by atomic mass is 9.92. The number of carboxylic acid groups (broad SMARTS) is 1. The zero-order chi connectivity index (χ0) is 56.3. The van der Waals surface area contributed by atoms with Gasteiger partial charge in [-0.05, 0) is 56.9 Å². The highest BCUT2D eigenvalue weighted by molar-refractivity contribution is 5.79. The SMILES string of the molecule is C.CC(C)[C@H](CC(=O)OC(C)(C)C)C(=O)O.CC(C)[C@H](N)C(=O)OC[C@H]1O[C@@](C#N)(c2ccc3c(N)ncnn23)[C@@H]2OC(c3ccccc3)O[C@@H]21.N#C[C@@]1(c2ccc3c(N)ncnn23)O[C@H](CO)[C@H]2OC(c3ccccc3)O[C@H]21. The fourth-order valence-corrected chi connectivity index (χ4v) is 9.56. The van der Waals surface area contributed by atoms with Gasteiger partial charge in [0.1, 0.15) is 90.7 Å². The summed E-state index contributed by atoms with van der Waals surface area (Å²) in [6, 6.07) is 29.4. The van der Waals surface area contributed by atoms with Gasteiger partial charge in [0.25, 0.3) is 0 Å². The molecule has 0 saturated carbocycles. The van der Waals surface area contributed by atoms with E-state index in [1.807, 2.05) is 74.5 Å². The van der Waals surface area contributed by atoms with Gasteiger partial charge in [-0.25, -0.2) is 19.0 Å². The lowest BCUT2D eigenvalue weighted by Gasteiger charge is -2.27. The molecule has 0 aliphatic carbocycles. The zero-order valence-electron chi connectivity index (χ0n) is 44.0. The summed E-state index contributed by atoms with van der Waals surface area (Å²) in [5.74, 6) is -2.25. The van der Waals surface area contributed by atoms with E-state index in [4.69, 9.17) is 60.2 Å². The van der Waals surface area contributed by atoms with Crippen molar-refractivity contribution in [3.63, 3.8) is 0 Å². The number of rotatable bonds is 13. The third-order valence-electron chi connectivity index (χ3n) is 13.6. The number of hydrogen-bond acceptors (Lipinski definition) is 21. The topological polar surface area (TPSA) is 352 Å². The second kappa shape index (κ2) is 24.2. The van der Waals surface area contributed by atoms with E-state index in [9.17, 15) is 30.0 Å². The Bertz CT molecular complexity index is 3180. The molecule has 24 heteroatoms. The van der Waals surface area contributed by atoms with Crippen molar-refractivity contribution in [2.75, 3.05) is 24.7 Å². The quantitative estimate of drug-likeness (QED) is 0.0944. The van der Waals surface area contributed by atoms with E-state index in [1.54, 1.807) is 58.9 Å². The molecule has 420 valence electrons. The molecule has 4 aliphatic rings. The molecule has 0 spiro atoms. The van der Waals surface area contributed by atoms with Crippen molar-refractivity contribution >= 4 is 40.6 Å². The predicted molar refractivity (Wildman–Crippen MR) is 281 cm³/mol. The first-order valence-electron chi connectivity index (χ1n) is 25.2. The monoisotopic (exact) mass is 1090 g/mol. The van der Waals surface area contributed by atoms with Gasteiger partial charge in [-0.1, -0.05) is 95.8 Å². The summed E-state index contributed by atoms with van der Waals surface area (Å²) in [5.41, 5.74) is 17.7. The van der Waals surface area contributed by atoms with E-state index in [0.717, 1.165) is 11.1 Å². The number of aliphatic carboxylic acids is 1. The van der Waals surface area contributed by atoms with Crippen molar-refractivity contribution in [1.82, 2.24) is 29.2 Å². The Labute approximate surface area is 456 Å². The van der Waals surface area contributed by atoms with Crippen LogP contribution in [0, 0.1) is 40.4 Å². The van der Waals surface area contributed by atoms with Crippen molar-refractivity contribution in [1.29, 1.82) is 10.5 Å². The average molecular weight is 1090 g/mol. The number of nitrogens with two attached hydrogens (primary N) is 3. The van der Waals surface area contributed by atoms with E-state index in [2.05, 4.69) is 32.3 Å². The lowest BCUT2D eigenvalue weighted by Crippen LogP contribution is -2.40. The highest BCUT2D eigenvalue weighted by Crippen LogP contribution is 2.51. The number of aliphatic hydroxyl groups is 1. The van der Waals surface area contributed by atoms with Crippen molar-refractivity contribution < 1.29 is 62.5 Å². The molecule has 4 saturated heterocycles. The number of aromatic nitrogens is 6. The molecule has 4 fully saturated rings. The molecule has 10 rings (SSSR count). The minimum Gasteiger partial charge on any atom is -0.481 e. The number of benzene rings is 2. The van der Waals surface area contributed by atoms with E-state index < -0.39 is 95.9 Å². The van der Waals surface area contributed by atoms with Crippen LogP contribution in [0.25, 0.3) is 11.0 Å². The molecule has 24 nitrogen and oxygen atoms in total. The number of anilines is 2. The van der Waals surface area contributed by atoms with E-state index >= 15 is 0 Å². The molecule has 2 aromatic carbocycles. The summed E-state index contributed by atoms with van der Waals surface area (Å²) in [6.07, 6.45) is -3.26. The van der Waals surface area contributed by atoms with Gasteiger partial charge >= 0.3 is 17.9 Å². The number of ether oxygens (including phenoxy) is 8. The van der Waals surface area contributed by atoms with Crippen LogP contribution in [-0.4, -0.2) is 119 Å². The van der Waals surface area contributed by atoms with Crippen LogP contribution in [0.3, 0.4) is 0 Å². The molecular weight excluding hydrogens is 1020 g/mol. The number of hydrogen-bond donors (Lipinski definition) is 5. The van der Waals surface area contributed by atoms with Gasteiger partial charge in [-0.3, -0.25) is 14.4 Å². The molecule has 4 aromatic heterocycles. The second-order valence-corrected chi connectivity index (χ2v) is 20.7. The maximum absolute atomic E-state index is 12.4. The summed E-state index contributed by atoms with van der Waals surface area (Å²) < 4.78 is 50.5. The van der Waals surface area contributed by atoms with Crippen LogP contribution in [0.5, 0.6) is 0 Å². The maximum Gasteiger partial charge on any atom is 0.323 e. The molecule has 2 unspecified atom stereocenters. The summed E-state index contributed by atoms with van der Waals surface area (Å²) in [7, 11) is 0. The largest absolute Gasteiger partial charge is 0.481 e. The van der Waals surface area contributed by atoms with Crippen molar-refractivity contribution in [2.24, 2.45) is 23.5 Å². The lowest BCUT2D eigenvalue weighted by molar-refractivity contribution is -0.172. The molecule has 79 heavy (non-hydrogen) atoms. The normalized spacial score (nSPS) is 26.5. The Kier molecular flexibility index (Phi) is 18.0. The summed E-state index contributed by atoms with van der Waals surface area (Å²) in [5, 5.41) is 47.8. The number of nitrogen functional groups attached to an aromatic ring is 2. The van der Waals surface area contributed by atoms with E-state index in [-0.39, 0.29) is 50.5 Å². The first-order chi connectivity index (χ1) is 37.2. The number of nitrogens with zero attached hydrogens (tertiary/aromatic N) is 8. The molecule has 12 atom stereocenters. The Morgan fingerprint density at radius 3 is 1.58 bits per heavy atom. The fourth-order valence-electron chi connectivity index (χ4n) is 9.56. The van der Waals surface area contributed by atoms with Gasteiger partial charge in [0.2, 0.25) is 11.2 Å². The van der Waals surface area contributed by atoms with Crippen molar-refractivity contribution in [3.05, 3.63) is 120 Å². The number of fused-ring (bicyclic) bond motifs is 4. The Balaban J connectivity index is 0.000000184. The molecule has 8 heterocycles. The summed E-state index contributed by atoms with van der Waals surface area (Å²) >= 11 is 0. The van der Waals surface area contributed by atoms with Crippen LogP contribution < -0.4 is 17.2 Å². The highest BCUT2D eigenvalue weighted by atomic mass is 16.8. The summed E-state index contributed by atoms with van der Waals surface area (Å²) in [4.78, 5) is 42.6. The Hall–Kier alpha value is -7.65. The van der Waals surface area contributed by atoms with E-state index in [0.29, 0.717) is 22.4 Å². The summed E-state index contributed by atoms with van der Waals surface area (Å²) in [6.45, 7) is 12.0. The fraction of sp³-hybridized carbons (Fsp3) is 0.473. The number of aliphatic hydroxyl groups excluding tert-OH is 1. The number of nitriles is 2. The van der Waals surface area contributed by atoms with Crippen LogP contribution in [0.2, 0.25) is 0 Å². The van der Waals surface area contributed by atoms with Crippen molar-refractivity contribution in [2.45, 2.75) is 134 Å². The number of esters is 2. The van der Waals surface area contributed by atoms with Crippen LogP contribution in [-0.2, 0) is 63.5 Å². The third-order valence-corrected chi connectivity index (χ3v) is 13.6. The van der Waals surface area contributed by atoms with Gasteiger partial charge < -0.3 is 65.3 Å². The van der Waals surface area contributed by atoms with Crippen LogP contribution >= 0.6 is 0 Å². The number of carbonyl (C=O) groups is 3. The molecule has 0 amide bonds. The van der Waals surface area contributed by atoms with Gasteiger partial charge in [-0.2, -0.15) is 20.7 Å². The standard InChI is InChI=1S/C24H26N6O5.C19H17N5O4.C11H20O4.CH4/c1-13(2)18(26)22(31)32-10-16-19-20(34-23(33-19)14-6-4-3-5-7-14)24(11-25,35-16)17-9-8-15-21(27)28-12-29-30(15)17;20-9-19(14-7-6-12-17(21)22-10-23-24(12)14)16-15(13(8-25)28-19)26-18(27-16)11-4-2-1-3-5-11;1-7(2)8(10(13)14)6-9(12)15-11(3,4)5;/h3-9,12-13,16,18-20,23H,10,26H2,1-2H3,(H2,27,28,29);1-7,10,13,15-16,18,25H,8H2,(H2,21,22,23);7-8H,6H2,1-5H3,(H,13,14);1H4/t16-,18+,19-,20-,23?,24+;13-,15-,16-,18?,19+;8-;/m110./s1. The van der Waals surface area contributed by atoms with Crippen molar-refractivity contribution in [3.8, 4) is 12.1 Å². The first-order valence-corrected chi connectivity index (χ1v) is 25.2. The molecular formula is C55H67N11O13. The number of carboxylic acids is 1. The zero-order valence-corrected chi connectivity index (χ0v) is 44.0. The number of carbonyl (C=O) groups excluding carboxylic acids is 2. The van der Waals surface area contributed by atoms with Crippen LogP contribution in [0.1, 0.15) is 97.4 Å². The molecule has 8 N–H and O–H groups in total. The molecule has 4 aliphatic heterocycles. The average Bonchev–Trinajstić information content (AvgIpc) is 4.47. The highest BCUT2D eigenvalue weighted by Gasteiger charge is 2.65. The van der Waals surface area contributed by atoms with Gasteiger partial charge in [0.15, 0.2) is 24.2 Å². The minimum atomic E-state index is -1.61. The Morgan fingerprint density at radius 1 is 0.722 bits per heavy atom. The van der Waals surface area contributed by atoms with Gasteiger partial charge in [-0.15, -0.1) is 0 Å². The smallest absolute Gasteiger partial charge is 0.323 e. The first kappa shape index (κ1) is 59.0. The Morgan fingerprint density at radius 2 is 1.18 bits per heavy atom. The predicted octanol–water partition coefficient (Wildman–Crippen LogP) is 5.05. The molecule has 6 aromatic rings. The van der Waals surface area contributed by atoms with E-state index in [1.165, 1.54) is 21.7 Å². The van der Waals surface area contributed by atoms with Gasteiger partial charge in [0.05, 0.1) is 30.3 Å². The minimum absolute atomic E-state index is 0.